The molecule has 1 fully saturated rings. The fourth-order valence-electron chi connectivity index (χ4n) is 2.30. The van der Waals surface area contributed by atoms with Gasteiger partial charge in [-0.05, 0) is 37.5 Å². The van der Waals surface area contributed by atoms with E-state index in [0.29, 0.717) is 0 Å². The van der Waals surface area contributed by atoms with Crippen molar-refractivity contribution in [1.82, 2.24) is 0 Å². The molecule has 0 aromatic carbocycles. The first-order valence-electron chi connectivity index (χ1n) is 11.5. The first-order valence-corrected chi connectivity index (χ1v) is 11.5. The molecule has 1 aliphatic carbocycles. The van der Waals surface area contributed by atoms with E-state index in [2.05, 4.69) is 67.5 Å². The van der Waals surface area contributed by atoms with Crippen molar-refractivity contribution in [1.29, 1.82) is 0 Å². The molecule has 0 saturated heterocycles. The Morgan fingerprint density at radius 3 is 1.24 bits per heavy atom. The van der Waals surface area contributed by atoms with Gasteiger partial charge < -0.3 is 0 Å². The van der Waals surface area contributed by atoms with Gasteiger partial charge in [0.05, 0.1) is 0 Å². The Morgan fingerprint density at radius 1 is 0.840 bits per heavy atom. The molecular weight excluding hydrogens is 300 g/mol. The van der Waals surface area contributed by atoms with E-state index in [9.17, 15) is 0 Å². The summed E-state index contributed by atoms with van der Waals surface area (Å²) in [7, 11) is 0. The molecule has 0 aliphatic heterocycles. The summed E-state index contributed by atoms with van der Waals surface area (Å²) in [4.78, 5) is 0. The highest BCUT2D eigenvalue weighted by Crippen LogP contribution is 2.29. The summed E-state index contributed by atoms with van der Waals surface area (Å²) in [5.74, 6) is 2.94. The molecule has 0 aromatic rings. The predicted octanol–water partition coefficient (Wildman–Crippen LogP) is 10.3. The number of allylic oxidation sites excluding steroid dienone is 2. The lowest BCUT2D eigenvalue weighted by Crippen LogP contribution is -1.84. The Bertz CT molecular complexity index is 170. The van der Waals surface area contributed by atoms with Crippen LogP contribution in [0.25, 0.3) is 0 Å². The van der Waals surface area contributed by atoms with Gasteiger partial charge in [0.1, 0.15) is 0 Å². The molecule has 1 saturated carbocycles. The molecule has 2 unspecified atom stereocenters. The van der Waals surface area contributed by atoms with Crippen molar-refractivity contribution in [2.24, 2.45) is 17.8 Å². The van der Waals surface area contributed by atoms with E-state index in [1.54, 1.807) is 0 Å². The molecule has 1 rings (SSSR count). The maximum absolute atomic E-state index is 2.35. The molecule has 0 heteroatoms. The zero-order chi connectivity index (χ0) is 21.1. The Labute approximate surface area is 165 Å². The Balaban J connectivity index is -0.0000000687. The van der Waals surface area contributed by atoms with Gasteiger partial charge >= 0.3 is 0 Å². The minimum absolute atomic E-state index is 0.898. The van der Waals surface area contributed by atoms with Crippen molar-refractivity contribution in [2.75, 3.05) is 0 Å². The molecule has 1 aliphatic rings. The summed E-state index contributed by atoms with van der Waals surface area (Å²) in [6.45, 7) is 27.8. The summed E-state index contributed by atoms with van der Waals surface area (Å²) in [6.07, 6.45) is 13.7. The number of hydrogen-bond acceptors (Lipinski definition) is 0. The summed E-state index contributed by atoms with van der Waals surface area (Å²) < 4.78 is 0. The number of hydrogen-bond donors (Lipinski definition) is 0. The molecule has 0 amide bonds. The van der Waals surface area contributed by atoms with Crippen LogP contribution < -0.4 is 0 Å². The van der Waals surface area contributed by atoms with E-state index < -0.39 is 0 Å². The third-order valence-electron chi connectivity index (χ3n) is 3.29. The van der Waals surface area contributed by atoms with E-state index in [0.717, 1.165) is 24.2 Å². The lowest BCUT2D eigenvalue weighted by Gasteiger charge is -1.96. The van der Waals surface area contributed by atoms with E-state index in [4.69, 9.17) is 0 Å². The molecule has 0 heterocycles. The molecule has 0 bridgehead atoms. The smallest absolute Gasteiger partial charge is 0.0379 e. The topological polar surface area (TPSA) is 0 Å². The lowest BCUT2D eigenvalue weighted by atomic mass is 10.1. The van der Waals surface area contributed by atoms with Crippen LogP contribution in [0.4, 0.5) is 0 Å². The van der Waals surface area contributed by atoms with Crippen molar-refractivity contribution in [2.45, 2.75) is 135 Å². The second kappa shape index (κ2) is 39.0. The summed E-state index contributed by atoms with van der Waals surface area (Å²) in [6, 6.07) is 0. The normalized spacial score (nSPS) is 17.4. The molecule has 0 nitrogen and oxygen atoms in total. The van der Waals surface area contributed by atoms with Crippen molar-refractivity contribution in [3.05, 3.63) is 12.2 Å². The van der Waals surface area contributed by atoms with Crippen LogP contribution in [-0.4, -0.2) is 0 Å². The maximum Gasteiger partial charge on any atom is -0.0379 e. The first kappa shape index (κ1) is 35.8. The quantitative estimate of drug-likeness (QED) is 0.440. The highest BCUT2D eigenvalue weighted by atomic mass is 14.2. The van der Waals surface area contributed by atoms with Gasteiger partial charge in [-0.3, -0.25) is 0 Å². The highest BCUT2D eigenvalue weighted by molar-refractivity contribution is 4.73. The zero-order valence-corrected chi connectivity index (χ0v) is 20.8. The van der Waals surface area contributed by atoms with Crippen LogP contribution in [0.2, 0.25) is 0 Å². The first-order chi connectivity index (χ1) is 11.9. The Kier molecular flexibility index (Phi) is 55.8. The highest BCUT2D eigenvalue weighted by Gasteiger charge is 2.15. The summed E-state index contributed by atoms with van der Waals surface area (Å²) >= 11 is 0. The van der Waals surface area contributed by atoms with Gasteiger partial charge in [0.15, 0.2) is 0 Å². The van der Waals surface area contributed by atoms with Crippen LogP contribution in [0.1, 0.15) is 135 Å². The largest absolute Gasteiger partial charge is 0.0917 e. The molecule has 2 atom stereocenters. The van der Waals surface area contributed by atoms with Crippen LogP contribution >= 0.6 is 0 Å². The second-order valence-corrected chi connectivity index (χ2v) is 6.89. The average Bonchev–Trinajstić information content (AvgIpc) is 2.97. The summed E-state index contributed by atoms with van der Waals surface area (Å²) in [5, 5.41) is 0. The SMILES string of the molecule is CC.CC.CC1CCC(C)C1.CC=CCC.CCC.CCCC(C)C. The number of rotatable bonds is 3. The second-order valence-electron chi connectivity index (χ2n) is 6.89. The zero-order valence-electron chi connectivity index (χ0n) is 20.8. The van der Waals surface area contributed by atoms with Crippen molar-refractivity contribution >= 4 is 0 Å². The van der Waals surface area contributed by atoms with Crippen molar-refractivity contribution in [3.63, 3.8) is 0 Å². The fourth-order valence-corrected chi connectivity index (χ4v) is 2.30. The van der Waals surface area contributed by atoms with Crippen LogP contribution in [0.5, 0.6) is 0 Å². The van der Waals surface area contributed by atoms with Gasteiger partial charge in [0.25, 0.3) is 0 Å². The van der Waals surface area contributed by atoms with Crippen LogP contribution in [0.3, 0.4) is 0 Å². The summed E-state index contributed by atoms with van der Waals surface area (Å²) in [5.41, 5.74) is 0. The van der Waals surface area contributed by atoms with Gasteiger partial charge in [0.2, 0.25) is 0 Å². The fraction of sp³-hybridized carbons (Fsp3) is 0.920. The Morgan fingerprint density at radius 2 is 1.20 bits per heavy atom. The van der Waals surface area contributed by atoms with Crippen molar-refractivity contribution < 1.29 is 0 Å². The third-order valence-corrected chi connectivity index (χ3v) is 3.29. The van der Waals surface area contributed by atoms with E-state index in [-0.39, 0.29) is 0 Å². The maximum atomic E-state index is 2.35. The van der Waals surface area contributed by atoms with Crippen LogP contribution in [0.15, 0.2) is 12.2 Å². The monoisotopic (exact) mass is 358 g/mol. The molecular formula is C25H58. The Hall–Kier alpha value is -0.260. The molecule has 0 N–H and O–H groups in total. The van der Waals surface area contributed by atoms with E-state index in [1.807, 2.05) is 34.6 Å². The van der Waals surface area contributed by atoms with Gasteiger partial charge in [0, 0.05) is 0 Å². The molecule has 0 aromatic heterocycles. The van der Waals surface area contributed by atoms with E-state index in [1.165, 1.54) is 38.5 Å². The lowest BCUT2D eigenvalue weighted by molar-refractivity contribution is 0.555. The van der Waals surface area contributed by atoms with Gasteiger partial charge in [-0.15, -0.1) is 0 Å². The van der Waals surface area contributed by atoms with Crippen LogP contribution in [-0.2, 0) is 0 Å². The van der Waals surface area contributed by atoms with E-state index >= 15 is 0 Å². The molecule has 158 valence electrons. The minimum atomic E-state index is 0.898. The van der Waals surface area contributed by atoms with Crippen molar-refractivity contribution in [3.8, 4) is 0 Å². The minimum Gasteiger partial charge on any atom is -0.0917 e. The molecule has 0 spiro atoms. The average molecular weight is 359 g/mol. The standard InChI is InChI=1S/C7H14.C6H14.C5H10.C3H8.2C2H6/c1-6-3-4-7(2)5-6;1-4-5-6(2)3;1-3-5-4-2;1-3-2;2*1-2/h6-7H,3-5H2,1-2H3;6H,4-5H2,1-3H3;3,5H,4H2,1-2H3;3H2,1-2H3;2*1-2H3. The van der Waals surface area contributed by atoms with Gasteiger partial charge in [-0.25, -0.2) is 0 Å². The predicted molar refractivity (Wildman–Crippen MR) is 126 cm³/mol. The molecule has 0 radical (unpaired) electrons. The van der Waals surface area contributed by atoms with Gasteiger partial charge in [-0.1, -0.05) is 127 Å². The van der Waals surface area contributed by atoms with Gasteiger partial charge in [-0.2, -0.15) is 0 Å². The van der Waals surface area contributed by atoms with Crippen LogP contribution in [0, 0.1) is 17.8 Å². The third kappa shape index (κ3) is 59.4. The molecule has 25 heavy (non-hydrogen) atoms.